The number of rotatable bonds is 9. The van der Waals surface area contributed by atoms with Gasteiger partial charge in [0.1, 0.15) is 0 Å². The standard InChI is InChI=1S/C13H21F7O4S/c1-6-9(3,4)10(5,7-2)11(16,8(14)15)24-12(17,18)13(19,20)25(21,22)23/h8H,6-7H2,1-5H3,(H,21,22,23). The van der Waals surface area contributed by atoms with Crippen LogP contribution in [0.2, 0.25) is 0 Å². The molecule has 0 aromatic heterocycles. The molecule has 0 amide bonds. The molecule has 2 atom stereocenters. The first-order valence-electron chi connectivity index (χ1n) is 7.17. The van der Waals surface area contributed by atoms with E-state index in [1.54, 1.807) is 0 Å². The van der Waals surface area contributed by atoms with Crippen LogP contribution >= 0.6 is 0 Å². The molecule has 12 heteroatoms. The van der Waals surface area contributed by atoms with Crippen LogP contribution in [0.4, 0.5) is 30.7 Å². The minimum atomic E-state index is -6.77. The van der Waals surface area contributed by atoms with Gasteiger partial charge in [-0.25, -0.2) is 13.2 Å². The van der Waals surface area contributed by atoms with E-state index >= 15 is 0 Å². The van der Waals surface area contributed by atoms with Gasteiger partial charge in [0.15, 0.2) is 0 Å². The van der Waals surface area contributed by atoms with Crippen LogP contribution in [-0.2, 0) is 14.9 Å². The first kappa shape index (κ1) is 24.4. The predicted octanol–water partition coefficient (Wildman–Crippen LogP) is 4.86. The van der Waals surface area contributed by atoms with Crippen molar-refractivity contribution in [2.75, 3.05) is 0 Å². The number of halogens is 7. The Labute approximate surface area is 141 Å². The van der Waals surface area contributed by atoms with Crippen molar-refractivity contribution in [1.29, 1.82) is 0 Å². The number of hydrogen-bond acceptors (Lipinski definition) is 3. The van der Waals surface area contributed by atoms with E-state index in [1.165, 1.54) is 20.8 Å². The molecule has 25 heavy (non-hydrogen) atoms. The number of hydrogen-bond donors (Lipinski definition) is 1. The summed E-state index contributed by atoms with van der Waals surface area (Å²) in [4.78, 5) is 0. The highest BCUT2D eigenvalue weighted by Gasteiger charge is 2.74. The van der Waals surface area contributed by atoms with Gasteiger partial charge in [-0.05, 0) is 11.8 Å². The third-order valence-electron chi connectivity index (χ3n) is 5.06. The van der Waals surface area contributed by atoms with Crippen LogP contribution in [0.1, 0.15) is 47.5 Å². The molecule has 0 bridgehead atoms. The normalized spacial score (nSPS) is 19.6. The van der Waals surface area contributed by atoms with Crippen molar-refractivity contribution in [2.24, 2.45) is 10.8 Å². The molecule has 0 saturated heterocycles. The molecule has 0 aliphatic heterocycles. The molecule has 0 aliphatic carbocycles. The maximum absolute atomic E-state index is 15.0. The molecule has 0 fully saturated rings. The smallest absolute Gasteiger partial charge is 0.281 e. The zero-order chi connectivity index (χ0) is 20.7. The Kier molecular flexibility index (Phi) is 6.67. The Bertz CT molecular complexity index is 579. The lowest BCUT2D eigenvalue weighted by Crippen LogP contribution is -2.62. The van der Waals surface area contributed by atoms with Crippen LogP contribution in [-0.4, -0.2) is 36.6 Å². The molecule has 0 spiro atoms. The average molecular weight is 406 g/mol. The minimum Gasteiger partial charge on any atom is -0.281 e. The molecule has 0 aromatic carbocycles. The quantitative estimate of drug-likeness (QED) is 0.439. The van der Waals surface area contributed by atoms with Crippen LogP contribution < -0.4 is 0 Å². The van der Waals surface area contributed by atoms with E-state index < -0.39 is 51.0 Å². The zero-order valence-electron chi connectivity index (χ0n) is 14.2. The van der Waals surface area contributed by atoms with Crippen molar-refractivity contribution >= 4 is 10.1 Å². The van der Waals surface area contributed by atoms with Crippen molar-refractivity contribution in [2.45, 2.75) is 71.1 Å². The molecule has 0 aliphatic rings. The fourth-order valence-corrected chi connectivity index (χ4v) is 2.71. The molecule has 4 nitrogen and oxygen atoms in total. The summed E-state index contributed by atoms with van der Waals surface area (Å²) in [6, 6.07) is 0. The van der Waals surface area contributed by atoms with E-state index in [4.69, 9.17) is 4.55 Å². The van der Waals surface area contributed by atoms with Crippen molar-refractivity contribution in [3.8, 4) is 0 Å². The Balaban J connectivity index is 6.42. The minimum absolute atomic E-state index is 0.0145. The summed E-state index contributed by atoms with van der Waals surface area (Å²) in [7, 11) is -6.77. The summed E-state index contributed by atoms with van der Waals surface area (Å²) in [6.07, 6.45) is -11.1. The molecule has 152 valence electrons. The molecule has 1 N–H and O–H groups in total. The van der Waals surface area contributed by atoms with Crippen LogP contribution in [0.5, 0.6) is 0 Å². The first-order chi connectivity index (χ1) is 10.8. The van der Waals surface area contributed by atoms with Gasteiger partial charge in [0.25, 0.3) is 12.3 Å². The van der Waals surface area contributed by atoms with E-state index in [0.29, 0.717) is 0 Å². The number of ether oxygens (including phenoxy) is 1. The van der Waals surface area contributed by atoms with Crippen molar-refractivity contribution < 1.29 is 48.4 Å². The van der Waals surface area contributed by atoms with Gasteiger partial charge in [-0.15, -0.1) is 0 Å². The third-order valence-corrected chi connectivity index (χ3v) is 5.94. The lowest BCUT2D eigenvalue weighted by molar-refractivity contribution is -0.433. The topological polar surface area (TPSA) is 63.6 Å². The molecule has 0 radical (unpaired) electrons. The van der Waals surface area contributed by atoms with Crippen molar-refractivity contribution in [3.05, 3.63) is 0 Å². The summed E-state index contributed by atoms with van der Waals surface area (Å²) in [5.74, 6) is -4.64. The van der Waals surface area contributed by atoms with E-state index in [2.05, 4.69) is 4.74 Å². The highest BCUT2D eigenvalue weighted by Crippen LogP contribution is 2.58. The Morgan fingerprint density at radius 1 is 0.960 bits per heavy atom. The fourth-order valence-electron chi connectivity index (χ4n) is 2.37. The van der Waals surface area contributed by atoms with E-state index in [-0.39, 0.29) is 6.42 Å². The number of alkyl halides is 7. The molecule has 0 saturated carbocycles. The van der Waals surface area contributed by atoms with Crippen LogP contribution in [0.15, 0.2) is 0 Å². The van der Waals surface area contributed by atoms with Gasteiger partial charge in [0.2, 0.25) is 0 Å². The first-order valence-corrected chi connectivity index (χ1v) is 8.61. The second-order valence-corrected chi connectivity index (χ2v) is 7.94. The van der Waals surface area contributed by atoms with Crippen LogP contribution in [0, 0.1) is 10.8 Å². The zero-order valence-corrected chi connectivity index (χ0v) is 15.0. The predicted molar refractivity (Wildman–Crippen MR) is 74.8 cm³/mol. The van der Waals surface area contributed by atoms with Gasteiger partial charge in [-0.2, -0.15) is 26.0 Å². The van der Waals surface area contributed by atoms with Crippen molar-refractivity contribution in [1.82, 2.24) is 0 Å². The lowest BCUT2D eigenvalue weighted by Gasteiger charge is -2.51. The van der Waals surface area contributed by atoms with Crippen LogP contribution in [0.3, 0.4) is 0 Å². The fraction of sp³-hybridized carbons (Fsp3) is 1.00. The maximum Gasteiger partial charge on any atom is 0.460 e. The Morgan fingerprint density at radius 2 is 1.36 bits per heavy atom. The summed E-state index contributed by atoms with van der Waals surface area (Å²) in [5, 5.41) is -6.34. The Morgan fingerprint density at radius 3 is 1.60 bits per heavy atom. The SMILES string of the molecule is CCC(C)(C)C(C)(CC)C(F)(OC(F)(F)C(F)(F)S(=O)(=O)O)C(F)F. The van der Waals surface area contributed by atoms with Crippen molar-refractivity contribution in [3.63, 3.8) is 0 Å². The van der Waals surface area contributed by atoms with Gasteiger partial charge in [-0.3, -0.25) is 9.29 Å². The van der Waals surface area contributed by atoms with Gasteiger partial charge in [0, 0.05) is 5.41 Å². The molecule has 0 rings (SSSR count). The summed E-state index contributed by atoms with van der Waals surface area (Å²) in [5.41, 5.74) is -3.85. The second kappa shape index (κ2) is 6.84. The largest absolute Gasteiger partial charge is 0.460 e. The second-order valence-electron chi connectivity index (χ2n) is 6.48. The van der Waals surface area contributed by atoms with Gasteiger partial charge >= 0.3 is 21.5 Å². The molecule has 0 aromatic rings. The van der Waals surface area contributed by atoms with E-state index in [1.807, 2.05) is 0 Å². The molecule has 0 heterocycles. The highest BCUT2D eigenvalue weighted by atomic mass is 32.2. The lowest BCUT2D eigenvalue weighted by atomic mass is 9.59. The Hall–Kier alpha value is -0.620. The summed E-state index contributed by atoms with van der Waals surface area (Å²) < 4.78 is 128. The third kappa shape index (κ3) is 3.75. The van der Waals surface area contributed by atoms with E-state index in [0.717, 1.165) is 13.8 Å². The van der Waals surface area contributed by atoms with Gasteiger partial charge in [-0.1, -0.05) is 41.0 Å². The summed E-state index contributed by atoms with van der Waals surface area (Å²) in [6.45, 7) is 5.90. The highest BCUT2D eigenvalue weighted by molar-refractivity contribution is 7.86. The molecular weight excluding hydrogens is 385 g/mol. The summed E-state index contributed by atoms with van der Waals surface area (Å²) >= 11 is 0. The maximum atomic E-state index is 15.0. The van der Waals surface area contributed by atoms with Gasteiger partial charge < -0.3 is 0 Å². The average Bonchev–Trinajstić information content (AvgIpc) is 2.43. The molecular formula is C13H21F7O4S. The van der Waals surface area contributed by atoms with Crippen LogP contribution in [0.25, 0.3) is 0 Å². The monoisotopic (exact) mass is 406 g/mol. The van der Waals surface area contributed by atoms with Gasteiger partial charge in [0.05, 0.1) is 0 Å². The molecule has 2 unspecified atom stereocenters. The van der Waals surface area contributed by atoms with E-state index in [9.17, 15) is 39.2 Å².